The van der Waals surface area contributed by atoms with Crippen molar-refractivity contribution >= 4 is 11.8 Å². The van der Waals surface area contributed by atoms with Crippen LogP contribution in [-0.4, -0.2) is 27.1 Å². The number of phenols is 1. The van der Waals surface area contributed by atoms with Crippen molar-refractivity contribution in [3.63, 3.8) is 0 Å². The first-order chi connectivity index (χ1) is 23.2. The van der Waals surface area contributed by atoms with Crippen LogP contribution in [0.4, 0.5) is 0 Å². The highest BCUT2D eigenvalue weighted by atomic mass is 16.5. The molecule has 246 valence electrons. The number of nitrogens with zero attached hydrogens (tertiary/aromatic N) is 2. The Morgan fingerprint density at radius 1 is 0.510 bits per heavy atom. The number of benzene rings is 5. The minimum Gasteiger partial charge on any atom is -0.508 e. The lowest BCUT2D eigenvalue weighted by atomic mass is 9.87. The Labute approximate surface area is 287 Å². The molecule has 0 amide bonds. The zero-order valence-electron chi connectivity index (χ0n) is 28.6. The third kappa shape index (κ3) is 7.52. The maximum Gasteiger partial charge on any atom is 0.248 e. The summed E-state index contributed by atoms with van der Waals surface area (Å²) < 4.78 is 11.6. The highest BCUT2D eigenvalue weighted by Gasteiger charge is 2.17. The van der Waals surface area contributed by atoms with Crippen molar-refractivity contribution in [3.05, 3.63) is 138 Å². The van der Waals surface area contributed by atoms with Gasteiger partial charge in [0.05, 0.1) is 0 Å². The van der Waals surface area contributed by atoms with Crippen LogP contribution in [0.5, 0.6) is 5.75 Å². The Morgan fingerprint density at radius 2 is 0.857 bits per heavy atom. The number of ether oxygens (including phenoxy) is 1. The van der Waals surface area contributed by atoms with Gasteiger partial charge in [-0.3, -0.25) is 10.8 Å². The number of aromatic hydroxyl groups is 1. The molecule has 6 rings (SSSR count). The first kappa shape index (κ1) is 33.1. The van der Waals surface area contributed by atoms with Gasteiger partial charge in [-0.05, 0) is 111 Å². The fourth-order valence-corrected chi connectivity index (χ4v) is 5.47. The van der Waals surface area contributed by atoms with E-state index in [-0.39, 0.29) is 28.4 Å². The van der Waals surface area contributed by atoms with Gasteiger partial charge in [0.2, 0.25) is 23.6 Å². The second-order valence-electron chi connectivity index (χ2n) is 14.3. The Balaban J connectivity index is 1.14. The quantitative estimate of drug-likeness (QED) is 0.123. The first-order valence-electron chi connectivity index (χ1n) is 16.2. The summed E-state index contributed by atoms with van der Waals surface area (Å²) in [5.41, 5.74) is 8.75. The van der Waals surface area contributed by atoms with Crippen LogP contribution in [-0.2, 0) is 15.6 Å². The summed E-state index contributed by atoms with van der Waals surface area (Å²) >= 11 is 0. The van der Waals surface area contributed by atoms with E-state index in [0.717, 1.165) is 38.9 Å². The van der Waals surface area contributed by atoms with Crippen molar-refractivity contribution in [2.45, 2.75) is 52.4 Å². The highest BCUT2D eigenvalue weighted by Crippen LogP contribution is 2.33. The minimum absolute atomic E-state index is 0.0122. The van der Waals surface area contributed by atoms with Gasteiger partial charge in [-0.15, -0.1) is 10.2 Å². The SMILES string of the molecule is CC(C)(C)c1ccc(C(=N)OC(=N)c2ccc(-c3cc(O)cc(-c4ccc(-c5nnc(-c6ccc(C(C)(C)C)cc6)o5)cc4)c3)cc2)cc1. The average molecular weight is 649 g/mol. The molecular formula is C42H40N4O3. The standard InChI is InChI=1S/C42H40N4O3/c1-41(2,3)34-19-15-29(16-20-34)38(44)48-37(43)28-11-7-26(8-12-28)32-23-33(25-36(47)24-32)27-9-13-30(14-10-27)39-45-46-40(49-39)31-17-21-35(22-18-31)42(4,5)6/h7-25,43-44,47H,1-6H3. The third-order valence-corrected chi connectivity index (χ3v) is 8.50. The van der Waals surface area contributed by atoms with Crippen LogP contribution in [0.25, 0.3) is 45.2 Å². The minimum atomic E-state index is -0.111. The molecule has 0 atom stereocenters. The molecule has 0 spiro atoms. The molecule has 0 unspecified atom stereocenters. The molecule has 0 aliphatic carbocycles. The van der Waals surface area contributed by atoms with Crippen molar-refractivity contribution < 1.29 is 14.3 Å². The van der Waals surface area contributed by atoms with Crippen LogP contribution in [0.1, 0.15) is 63.8 Å². The van der Waals surface area contributed by atoms with Crippen molar-refractivity contribution in [1.82, 2.24) is 10.2 Å². The van der Waals surface area contributed by atoms with Crippen LogP contribution < -0.4 is 0 Å². The monoisotopic (exact) mass is 648 g/mol. The number of hydrogen-bond donors (Lipinski definition) is 3. The molecule has 0 aliphatic rings. The zero-order chi connectivity index (χ0) is 34.9. The van der Waals surface area contributed by atoms with Crippen LogP contribution in [0.2, 0.25) is 0 Å². The lowest BCUT2D eigenvalue weighted by molar-refractivity contribution is 0.476. The molecule has 3 N–H and O–H groups in total. The Bertz CT molecular complexity index is 2110. The van der Waals surface area contributed by atoms with Crippen LogP contribution in [0, 0.1) is 10.8 Å². The molecule has 5 aromatic carbocycles. The first-order valence-corrected chi connectivity index (χ1v) is 16.2. The molecule has 1 heterocycles. The number of hydrogen-bond acceptors (Lipinski definition) is 7. The number of nitrogens with one attached hydrogen (secondary N) is 2. The van der Waals surface area contributed by atoms with E-state index >= 15 is 0 Å². The lowest BCUT2D eigenvalue weighted by Gasteiger charge is -2.19. The van der Waals surface area contributed by atoms with Crippen molar-refractivity contribution in [2.24, 2.45) is 0 Å². The molecule has 0 saturated heterocycles. The average Bonchev–Trinajstić information content (AvgIpc) is 3.58. The van der Waals surface area contributed by atoms with E-state index < -0.39 is 0 Å². The van der Waals surface area contributed by atoms with Gasteiger partial charge in [0.25, 0.3) is 0 Å². The van der Waals surface area contributed by atoms with Gasteiger partial charge in [-0.1, -0.05) is 90.1 Å². The molecule has 0 saturated carbocycles. The van der Waals surface area contributed by atoms with Gasteiger partial charge in [-0.25, -0.2) is 0 Å². The van der Waals surface area contributed by atoms with Gasteiger partial charge in [0.1, 0.15) is 5.75 Å². The van der Waals surface area contributed by atoms with Crippen LogP contribution in [0.3, 0.4) is 0 Å². The third-order valence-electron chi connectivity index (χ3n) is 8.50. The van der Waals surface area contributed by atoms with Crippen molar-refractivity contribution in [1.29, 1.82) is 10.8 Å². The molecule has 49 heavy (non-hydrogen) atoms. The smallest absolute Gasteiger partial charge is 0.248 e. The largest absolute Gasteiger partial charge is 0.508 e. The van der Waals surface area contributed by atoms with E-state index in [1.54, 1.807) is 24.3 Å². The van der Waals surface area contributed by atoms with Crippen LogP contribution >= 0.6 is 0 Å². The highest BCUT2D eigenvalue weighted by molar-refractivity contribution is 6.05. The van der Waals surface area contributed by atoms with Crippen molar-refractivity contribution in [3.8, 4) is 50.9 Å². The van der Waals surface area contributed by atoms with E-state index in [4.69, 9.17) is 20.0 Å². The summed E-state index contributed by atoms with van der Waals surface area (Å²) in [4.78, 5) is 0. The number of aromatic nitrogens is 2. The summed E-state index contributed by atoms with van der Waals surface area (Å²) in [6.45, 7) is 13.0. The normalized spacial score (nSPS) is 11.7. The Kier molecular flexibility index (Phi) is 8.78. The summed E-state index contributed by atoms with van der Waals surface area (Å²) in [5.74, 6) is 0.848. The fraction of sp³-hybridized carbons (Fsp3) is 0.190. The fourth-order valence-electron chi connectivity index (χ4n) is 5.47. The summed E-state index contributed by atoms with van der Waals surface area (Å²) in [6, 6.07) is 36.4. The predicted molar refractivity (Wildman–Crippen MR) is 196 cm³/mol. The second kappa shape index (κ2) is 13.0. The molecule has 7 heteroatoms. The lowest BCUT2D eigenvalue weighted by Crippen LogP contribution is -2.14. The molecule has 1 aromatic heterocycles. The van der Waals surface area contributed by atoms with Gasteiger partial charge in [-0.2, -0.15) is 0 Å². The van der Waals surface area contributed by atoms with Crippen molar-refractivity contribution in [2.75, 3.05) is 0 Å². The number of rotatable bonds is 6. The van der Waals surface area contributed by atoms with Crippen LogP contribution in [0.15, 0.2) is 120 Å². The molecular weight excluding hydrogens is 608 g/mol. The molecule has 0 bridgehead atoms. The van der Waals surface area contributed by atoms with Gasteiger partial charge < -0.3 is 14.3 Å². The van der Waals surface area contributed by atoms with E-state index in [9.17, 15) is 5.11 Å². The van der Waals surface area contributed by atoms with Gasteiger partial charge >= 0.3 is 0 Å². The predicted octanol–water partition coefficient (Wildman–Crippen LogP) is 10.4. The molecule has 0 aliphatic heterocycles. The molecule has 6 aromatic rings. The molecule has 0 radical (unpaired) electrons. The van der Waals surface area contributed by atoms with E-state index in [1.165, 1.54) is 5.56 Å². The molecule has 0 fully saturated rings. The molecule has 7 nitrogen and oxygen atoms in total. The zero-order valence-corrected chi connectivity index (χ0v) is 28.6. The summed E-state index contributed by atoms with van der Waals surface area (Å²) in [6.07, 6.45) is 0. The number of phenolic OH excluding ortho intramolecular Hbond substituents is 1. The van der Waals surface area contributed by atoms with Gasteiger partial charge in [0.15, 0.2) is 0 Å². The van der Waals surface area contributed by atoms with E-state index in [1.807, 2.05) is 78.9 Å². The summed E-state index contributed by atoms with van der Waals surface area (Å²) in [5, 5.41) is 36.0. The maximum absolute atomic E-state index is 10.6. The maximum atomic E-state index is 10.6. The Morgan fingerprint density at radius 3 is 1.29 bits per heavy atom. The topological polar surface area (TPSA) is 116 Å². The van der Waals surface area contributed by atoms with E-state index in [2.05, 4.69) is 63.9 Å². The van der Waals surface area contributed by atoms with E-state index in [0.29, 0.717) is 22.9 Å². The second-order valence-corrected chi connectivity index (χ2v) is 14.3. The van der Waals surface area contributed by atoms with Gasteiger partial charge in [0, 0.05) is 22.3 Å². The Hall–Kier alpha value is -5.82. The summed E-state index contributed by atoms with van der Waals surface area (Å²) in [7, 11) is 0.